The molecule has 6 heteroatoms. The highest BCUT2D eigenvalue weighted by Gasteiger charge is 2.06. The second kappa shape index (κ2) is 8.50. The summed E-state index contributed by atoms with van der Waals surface area (Å²) >= 11 is 7.53. The first-order valence-corrected chi connectivity index (χ1v) is 8.21. The maximum atomic E-state index is 11.7. The van der Waals surface area contributed by atoms with Gasteiger partial charge in [0.15, 0.2) is 6.61 Å². The van der Waals surface area contributed by atoms with Crippen LogP contribution in [-0.2, 0) is 20.9 Å². The van der Waals surface area contributed by atoms with E-state index in [1.54, 1.807) is 12.1 Å². The number of nitrogens with one attached hydrogen (secondary N) is 1. The van der Waals surface area contributed by atoms with E-state index in [0.29, 0.717) is 11.6 Å². The SMILES string of the molecule is Cc1ccsc1/C=C/C(=O)OCC(=O)NCc1ccccc1Cl. The number of carbonyl (C=O) groups excluding carboxylic acids is 2. The molecule has 1 heterocycles. The minimum atomic E-state index is -0.550. The van der Waals surface area contributed by atoms with Gasteiger partial charge in [-0.3, -0.25) is 4.79 Å². The van der Waals surface area contributed by atoms with Crippen LogP contribution < -0.4 is 5.32 Å². The highest BCUT2D eigenvalue weighted by atomic mass is 35.5. The number of carbonyl (C=O) groups is 2. The first-order chi connectivity index (χ1) is 11.1. The van der Waals surface area contributed by atoms with E-state index in [2.05, 4.69) is 5.32 Å². The van der Waals surface area contributed by atoms with Crippen molar-refractivity contribution in [1.82, 2.24) is 5.32 Å². The summed E-state index contributed by atoms with van der Waals surface area (Å²) in [6.07, 6.45) is 3.00. The van der Waals surface area contributed by atoms with Crippen molar-refractivity contribution in [2.75, 3.05) is 6.61 Å². The lowest BCUT2D eigenvalue weighted by atomic mass is 10.2. The Bertz CT molecular complexity index is 724. The van der Waals surface area contributed by atoms with Gasteiger partial charge in [-0.15, -0.1) is 11.3 Å². The van der Waals surface area contributed by atoms with Gasteiger partial charge in [-0.05, 0) is 41.6 Å². The number of amides is 1. The van der Waals surface area contributed by atoms with Crippen LogP contribution in [0, 0.1) is 6.92 Å². The zero-order chi connectivity index (χ0) is 16.7. The van der Waals surface area contributed by atoms with Crippen molar-refractivity contribution >= 4 is 40.9 Å². The second-order valence-corrected chi connectivity index (χ2v) is 6.13. The number of ether oxygens (including phenoxy) is 1. The van der Waals surface area contributed by atoms with Gasteiger partial charge in [0, 0.05) is 22.5 Å². The highest BCUT2D eigenvalue weighted by molar-refractivity contribution is 7.11. The first-order valence-electron chi connectivity index (χ1n) is 6.95. The number of rotatable bonds is 6. The van der Waals surface area contributed by atoms with E-state index >= 15 is 0 Å². The Labute approximate surface area is 143 Å². The number of thiophene rings is 1. The Kier molecular flexibility index (Phi) is 6.38. The lowest BCUT2D eigenvalue weighted by molar-refractivity contribution is -0.143. The van der Waals surface area contributed by atoms with E-state index in [9.17, 15) is 9.59 Å². The average Bonchev–Trinajstić information content (AvgIpc) is 2.95. The molecule has 0 saturated carbocycles. The molecule has 0 bridgehead atoms. The van der Waals surface area contributed by atoms with E-state index < -0.39 is 5.97 Å². The fraction of sp³-hybridized carbons (Fsp3) is 0.176. The zero-order valence-corrected chi connectivity index (χ0v) is 14.1. The molecule has 0 saturated heterocycles. The highest BCUT2D eigenvalue weighted by Crippen LogP contribution is 2.17. The second-order valence-electron chi connectivity index (χ2n) is 4.78. The molecule has 0 aliphatic carbocycles. The third kappa shape index (κ3) is 5.54. The molecule has 2 aromatic rings. The van der Waals surface area contributed by atoms with Crippen LogP contribution in [0.5, 0.6) is 0 Å². The molecule has 0 atom stereocenters. The molecule has 0 unspecified atom stereocenters. The van der Waals surface area contributed by atoms with Crippen LogP contribution in [0.2, 0.25) is 5.02 Å². The van der Waals surface area contributed by atoms with Gasteiger partial charge in [-0.25, -0.2) is 4.79 Å². The summed E-state index contributed by atoms with van der Waals surface area (Å²) in [6.45, 7) is 1.93. The molecule has 4 nitrogen and oxygen atoms in total. The van der Waals surface area contributed by atoms with Gasteiger partial charge >= 0.3 is 5.97 Å². The minimum Gasteiger partial charge on any atom is -0.452 e. The van der Waals surface area contributed by atoms with Crippen LogP contribution in [0.4, 0.5) is 0 Å². The van der Waals surface area contributed by atoms with Crippen molar-refractivity contribution in [1.29, 1.82) is 0 Å². The number of halogens is 1. The molecule has 1 aromatic heterocycles. The third-order valence-corrected chi connectivity index (χ3v) is 4.40. The van der Waals surface area contributed by atoms with Crippen molar-refractivity contribution in [3.05, 3.63) is 62.8 Å². The van der Waals surface area contributed by atoms with Crippen LogP contribution >= 0.6 is 22.9 Å². The molecule has 1 aromatic carbocycles. The average molecular weight is 350 g/mol. The Morgan fingerprint density at radius 2 is 2.09 bits per heavy atom. The Morgan fingerprint density at radius 3 is 2.78 bits per heavy atom. The first kappa shape index (κ1) is 17.2. The predicted molar refractivity (Wildman–Crippen MR) is 92.3 cm³/mol. The summed E-state index contributed by atoms with van der Waals surface area (Å²) in [7, 11) is 0. The molecule has 0 fully saturated rings. The number of benzene rings is 1. The molecule has 1 amide bonds. The number of hydrogen-bond donors (Lipinski definition) is 1. The Hall–Kier alpha value is -2.11. The van der Waals surface area contributed by atoms with Crippen LogP contribution in [-0.4, -0.2) is 18.5 Å². The van der Waals surface area contributed by atoms with Gasteiger partial charge in [0.05, 0.1) is 0 Å². The molecule has 23 heavy (non-hydrogen) atoms. The van der Waals surface area contributed by atoms with E-state index in [0.717, 1.165) is 16.0 Å². The molecule has 2 rings (SSSR count). The molecule has 120 valence electrons. The number of aryl methyl sites for hydroxylation is 1. The van der Waals surface area contributed by atoms with E-state index in [1.807, 2.05) is 36.6 Å². The summed E-state index contributed by atoms with van der Waals surface area (Å²) in [4.78, 5) is 24.2. The summed E-state index contributed by atoms with van der Waals surface area (Å²) in [5.74, 6) is -0.926. The van der Waals surface area contributed by atoms with E-state index in [4.69, 9.17) is 16.3 Å². The van der Waals surface area contributed by atoms with Crippen molar-refractivity contribution in [3.8, 4) is 0 Å². The Balaban J connectivity index is 1.74. The standard InChI is InChI=1S/C17H16ClNO3S/c1-12-8-9-23-15(12)6-7-17(21)22-11-16(20)19-10-13-4-2-3-5-14(13)18/h2-9H,10-11H2,1H3,(H,19,20)/b7-6+. The summed E-state index contributed by atoms with van der Waals surface area (Å²) in [6, 6.07) is 9.20. The van der Waals surface area contributed by atoms with Crippen LogP contribution in [0.15, 0.2) is 41.8 Å². The number of hydrogen-bond acceptors (Lipinski definition) is 4. The molecular weight excluding hydrogens is 334 g/mol. The molecule has 0 aliphatic rings. The van der Waals surface area contributed by atoms with Crippen molar-refractivity contribution in [2.45, 2.75) is 13.5 Å². The van der Waals surface area contributed by atoms with Crippen LogP contribution in [0.3, 0.4) is 0 Å². The third-order valence-electron chi connectivity index (χ3n) is 3.05. The Morgan fingerprint density at radius 1 is 1.30 bits per heavy atom. The summed E-state index contributed by atoms with van der Waals surface area (Å²) < 4.78 is 4.89. The van der Waals surface area contributed by atoms with Gasteiger partial charge in [-0.1, -0.05) is 29.8 Å². The normalized spacial score (nSPS) is 10.7. The fourth-order valence-electron chi connectivity index (χ4n) is 1.77. The van der Waals surface area contributed by atoms with Gasteiger partial charge in [0.25, 0.3) is 5.91 Å². The largest absolute Gasteiger partial charge is 0.452 e. The van der Waals surface area contributed by atoms with Gasteiger partial charge < -0.3 is 10.1 Å². The predicted octanol–water partition coefficient (Wildman–Crippen LogP) is 3.58. The van der Waals surface area contributed by atoms with E-state index in [-0.39, 0.29) is 12.5 Å². The van der Waals surface area contributed by atoms with Gasteiger partial charge in [-0.2, -0.15) is 0 Å². The maximum Gasteiger partial charge on any atom is 0.331 e. The minimum absolute atomic E-state index is 0.292. The maximum absolute atomic E-state index is 11.7. The smallest absolute Gasteiger partial charge is 0.331 e. The quantitative estimate of drug-likeness (QED) is 0.640. The van der Waals surface area contributed by atoms with Crippen molar-refractivity contribution in [3.63, 3.8) is 0 Å². The lowest BCUT2D eigenvalue weighted by Crippen LogP contribution is -2.28. The van der Waals surface area contributed by atoms with Gasteiger partial charge in [0.1, 0.15) is 0 Å². The van der Waals surface area contributed by atoms with Crippen molar-refractivity contribution < 1.29 is 14.3 Å². The molecule has 0 spiro atoms. The van der Waals surface area contributed by atoms with E-state index in [1.165, 1.54) is 17.4 Å². The summed E-state index contributed by atoms with van der Waals surface area (Å²) in [5, 5.41) is 5.18. The van der Waals surface area contributed by atoms with Crippen molar-refractivity contribution in [2.24, 2.45) is 0 Å². The van der Waals surface area contributed by atoms with Crippen LogP contribution in [0.1, 0.15) is 16.0 Å². The lowest BCUT2D eigenvalue weighted by Gasteiger charge is -2.06. The molecule has 0 aliphatic heterocycles. The summed E-state index contributed by atoms with van der Waals surface area (Å²) in [5.41, 5.74) is 1.90. The number of esters is 1. The zero-order valence-electron chi connectivity index (χ0n) is 12.5. The molecular formula is C17H16ClNO3S. The molecule has 1 N–H and O–H groups in total. The van der Waals surface area contributed by atoms with Crippen LogP contribution in [0.25, 0.3) is 6.08 Å². The fourth-order valence-corrected chi connectivity index (χ4v) is 2.79. The van der Waals surface area contributed by atoms with Gasteiger partial charge in [0.2, 0.25) is 0 Å². The topological polar surface area (TPSA) is 55.4 Å². The monoisotopic (exact) mass is 349 g/mol. The molecule has 0 radical (unpaired) electrons.